The van der Waals surface area contributed by atoms with E-state index in [-0.39, 0.29) is 0 Å². The molecule has 0 bridgehead atoms. The Morgan fingerprint density at radius 1 is 1.50 bits per heavy atom. The zero-order valence-corrected chi connectivity index (χ0v) is 11.6. The van der Waals surface area contributed by atoms with Crippen LogP contribution in [0.3, 0.4) is 0 Å². The Kier molecular flexibility index (Phi) is 4.51. The molecule has 2 rings (SSSR count). The van der Waals surface area contributed by atoms with Gasteiger partial charge in [-0.15, -0.1) is 10.2 Å². The van der Waals surface area contributed by atoms with Gasteiger partial charge in [0.1, 0.15) is 0 Å². The van der Waals surface area contributed by atoms with Crippen LogP contribution in [0.5, 0.6) is 0 Å². The van der Waals surface area contributed by atoms with Crippen molar-refractivity contribution in [3.8, 4) is 0 Å². The van der Waals surface area contributed by atoms with Gasteiger partial charge in [0.25, 0.3) is 0 Å². The fraction of sp³-hybridized carbons (Fsp3) is 0.778. The second-order valence-corrected chi connectivity index (χ2v) is 6.07. The van der Waals surface area contributed by atoms with Gasteiger partial charge in [-0.25, -0.2) is 0 Å². The molecule has 7 heteroatoms. The average molecular weight is 307 g/mol. The van der Waals surface area contributed by atoms with E-state index in [0.717, 1.165) is 41.9 Å². The number of morpholine rings is 1. The highest BCUT2D eigenvalue weighted by molar-refractivity contribution is 9.11. The first-order valence-corrected chi connectivity index (χ1v) is 6.90. The summed E-state index contributed by atoms with van der Waals surface area (Å²) in [6, 6.07) is 0.373. The van der Waals surface area contributed by atoms with Crippen LogP contribution in [0.4, 0.5) is 5.13 Å². The second kappa shape index (κ2) is 5.90. The van der Waals surface area contributed by atoms with E-state index in [2.05, 4.69) is 43.3 Å². The van der Waals surface area contributed by atoms with Gasteiger partial charge in [0.15, 0.2) is 3.92 Å². The number of hydrogen-bond donors (Lipinski definition) is 1. The first kappa shape index (κ1) is 12.2. The number of rotatable bonds is 4. The normalized spacial score (nSPS) is 19.6. The van der Waals surface area contributed by atoms with E-state index in [0.29, 0.717) is 6.04 Å². The van der Waals surface area contributed by atoms with E-state index in [9.17, 15) is 0 Å². The van der Waals surface area contributed by atoms with Crippen LogP contribution in [-0.2, 0) is 4.74 Å². The van der Waals surface area contributed by atoms with E-state index in [4.69, 9.17) is 4.74 Å². The fourth-order valence-electron chi connectivity index (χ4n) is 1.69. The minimum atomic E-state index is 0.373. The van der Waals surface area contributed by atoms with Crippen molar-refractivity contribution >= 4 is 32.4 Å². The quantitative estimate of drug-likeness (QED) is 0.912. The third-order valence-electron chi connectivity index (χ3n) is 2.41. The minimum absolute atomic E-state index is 0.373. The van der Waals surface area contributed by atoms with Crippen LogP contribution in [-0.4, -0.2) is 54.0 Å². The third-order valence-corrected chi connectivity index (χ3v) is 3.69. The van der Waals surface area contributed by atoms with Gasteiger partial charge < -0.3 is 10.1 Å². The molecule has 1 aromatic rings. The Labute approximate surface area is 107 Å². The van der Waals surface area contributed by atoms with Crippen LogP contribution < -0.4 is 5.32 Å². The molecule has 0 aliphatic carbocycles. The van der Waals surface area contributed by atoms with Crippen LogP contribution in [0.25, 0.3) is 0 Å². The molecule has 1 saturated heterocycles. The predicted molar refractivity (Wildman–Crippen MR) is 68.0 cm³/mol. The minimum Gasteiger partial charge on any atom is -0.379 e. The lowest BCUT2D eigenvalue weighted by Crippen LogP contribution is -2.42. The van der Waals surface area contributed by atoms with Gasteiger partial charge in [-0.3, -0.25) is 4.90 Å². The molecule has 16 heavy (non-hydrogen) atoms. The predicted octanol–water partition coefficient (Wildman–Crippen LogP) is 1.43. The van der Waals surface area contributed by atoms with Crippen molar-refractivity contribution in [2.45, 2.75) is 13.0 Å². The maximum Gasteiger partial charge on any atom is 0.206 e. The summed E-state index contributed by atoms with van der Waals surface area (Å²) in [5.74, 6) is 0. The van der Waals surface area contributed by atoms with Gasteiger partial charge in [-0.05, 0) is 22.9 Å². The molecule has 1 aromatic heterocycles. The standard InChI is InChI=1S/C9H15BrN4OS/c1-7(6-14-2-4-15-5-3-14)11-9-13-12-8(10)16-9/h7H,2-6H2,1H3,(H,11,13). The maximum absolute atomic E-state index is 5.31. The molecule has 90 valence electrons. The van der Waals surface area contributed by atoms with Crippen molar-refractivity contribution < 1.29 is 4.74 Å². The third kappa shape index (κ3) is 3.65. The van der Waals surface area contributed by atoms with Crippen molar-refractivity contribution in [1.82, 2.24) is 15.1 Å². The number of anilines is 1. The molecule has 0 aromatic carbocycles. The number of halogens is 1. The van der Waals surface area contributed by atoms with E-state index in [1.807, 2.05) is 0 Å². The molecule has 1 aliphatic rings. The summed E-state index contributed by atoms with van der Waals surface area (Å²) in [6.07, 6.45) is 0. The average Bonchev–Trinajstić information content (AvgIpc) is 2.65. The Bertz CT molecular complexity index is 329. The van der Waals surface area contributed by atoms with Crippen molar-refractivity contribution in [2.75, 3.05) is 38.2 Å². The zero-order chi connectivity index (χ0) is 11.4. The van der Waals surface area contributed by atoms with E-state index in [1.165, 1.54) is 11.3 Å². The van der Waals surface area contributed by atoms with E-state index in [1.54, 1.807) is 0 Å². The first-order valence-electron chi connectivity index (χ1n) is 5.29. The lowest BCUT2D eigenvalue weighted by molar-refractivity contribution is 0.0368. The highest BCUT2D eigenvalue weighted by Crippen LogP contribution is 2.20. The molecule has 0 amide bonds. The summed E-state index contributed by atoms with van der Waals surface area (Å²) in [5, 5.41) is 12.1. The van der Waals surface area contributed by atoms with Crippen molar-refractivity contribution in [2.24, 2.45) is 0 Å². The van der Waals surface area contributed by atoms with Crippen molar-refractivity contribution in [1.29, 1.82) is 0 Å². The molecule has 0 saturated carbocycles. The van der Waals surface area contributed by atoms with E-state index < -0.39 is 0 Å². The van der Waals surface area contributed by atoms with Crippen molar-refractivity contribution in [3.63, 3.8) is 0 Å². The SMILES string of the molecule is CC(CN1CCOCC1)Nc1nnc(Br)s1. The van der Waals surface area contributed by atoms with Crippen LogP contribution in [0.15, 0.2) is 3.92 Å². The van der Waals surface area contributed by atoms with Crippen LogP contribution in [0.2, 0.25) is 0 Å². The highest BCUT2D eigenvalue weighted by Gasteiger charge is 2.14. The van der Waals surface area contributed by atoms with Gasteiger partial charge >= 0.3 is 0 Å². The molecule has 1 unspecified atom stereocenters. The molecule has 1 fully saturated rings. The van der Waals surface area contributed by atoms with Crippen LogP contribution >= 0.6 is 27.3 Å². The van der Waals surface area contributed by atoms with Gasteiger partial charge in [0.2, 0.25) is 5.13 Å². The summed E-state index contributed by atoms with van der Waals surface area (Å²) in [5.41, 5.74) is 0. The van der Waals surface area contributed by atoms with Crippen molar-refractivity contribution in [3.05, 3.63) is 3.92 Å². The lowest BCUT2D eigenvalue weighted by Gasteiger charge is -2.29. The molecular weight excluding hydrogens is 292 g/mol. The molecular formula is C9H15BrN4OS. The number of hydrogen-bond acceptors (Lipinski definition) is 6. The van der Waals surface area contributed by atoms with Gasteiger partial charge in [-0.2, -0.15) is 0 Å². The molecule has 1 N–H and O–H groups in total. The molecule has 1 atom stereocenters. The Morgan fingerprint density at radius 2 is 2.25 bits per heavy atom. The number of nitrogens with zero attached hydrogens (tertiary/aromatic N) is 3. The molecule has 2 heterocycles. The lowest BCUT2D eigenvalue weighted by atomic mass is 10.3. The monoisotopic (exact) mass is 306 g/mol. The topological polar surface area (TPSA) is 50.3 Å². The Morgan fingerprint density at radius 3 is 2.88 bits per heavy atom. The molecule has 0 spiro atoms. The largest absolute Gasteiger partial charge is 0.379 e. The van der Waals surface area contributed by atoms with Gasteiger partial charge in [-0.1, -0.05) is 11.3 Å². The second-order valence-electron chi connectivity index (χ2n) is 3.82. The number of aromatic nitrogens is 2. The summed E-state index contributed by atoms with van der Waals surface area (Å²) >= 11 is 4.82. The van der Waals surface area contributed by atoms with Crippen LogP contribution in [0, 0.1) is 0 Å². The summed E-state index contributed by atoms with van der Waals surface area (Å²) in [7, 11) is 0. The molecule has 1 aliphatic heterocycles. The fourth-order valence-corrected chi connectivity index (χ4v) is 2.81. The molecule has 0 radical (unpaired) electrons. The first-order chi connectivity index (χ1) is 7.74. The molecule has 5 nitrogen and oxygen atoms in total. The Balaban J connectivity index is 1.77. The summed E-state index contributed by atoms with van der Waals surface area (Å²) < 4.78 is 6.13. The zero-order valence-electron chi connectivity index (χ0n) is 9.15. The van der Waals surface area contributed by atoms with Gasteiger partial charge in [0, 0.05) is 25.7 Å². The smallest absolute Gasteiger partial charge is 0.206 e. The summed E-state index contributed by atoms with van der Waals surface area (Å²) in [4.78, 5) is 2.40. The summed E-state index contributed by atoms with van der Waals surface area (Å²) in [6.45, 7) is 6.90. The number of ether oxygens (including phenoxy) is 1. The van der Waals surface area contributed by atoms with Gasteiger partial charge in [0.05, 0.1) is 13.2 Å². The Hall–Kier alpha value is -0.240. The van der Waals surface area contributed by atoms with E-state index >= 15 is 0 Å². The van der Waals surface area contributed by atoms with Crippen LogP contribution in [0.1, 0.15) is 6.92 Å². The maximum atomic E-state index is 5.31. The number of nitrogens with one attached hydrogen (secondary N) is 1. The highest BCUT2D eigenvalue weighted by atomic mass is 79.9.